The van der Waals surface area contributed by atoms with Gasteiger partial charge in [-0.25, -0.2) is 9.18 Å². The molecule has 3 nitrogen and oxygen atoms in total. The van der Waals surface area contributed by atoms with E-state index in [1.165, 1.54) is 0 Å². The summed E-state index contributed by atoms with van der Waals surface area (Å²) >= 11 is 0. The average molecular weight is 256 g/mol. The van der Waals surface area contributed by atoms with E-state index < -0.39 is 23.8 Å². The van der Waals surface area contributed by atoms with Gasteiger partial charge in [-0.15, -0.1) is 12.4 Å². The molecule has 7 heteroatoms. The molecular weight excluding hydrogens is 247 g/mol. The summed E-state index contributed by atoms with van der Waals surface area (Å²) < 4.78 is 38.3. The van der Waals surface area contributed by atoms with E-state index in [9.17, 15) is 18.0 Å². The highest BCUT2D eigenvalue weighted by Crippen LogP contribution is 2.29. The second kappa shape index (κ2) is 5.18. The molecule has 3 N–H and O–H groups in total. The summed E-state index contributed by atoms with van der Waals surface area (Å²) in [5, 5.41) is 8.22. The van der Waals surface area contributed by atoms with Crippen molar-refractivity contribution in [2.45, 2.75) is 12.0 Å². The first-order valence-electron chi connectivity index (χ1n) is 3.98. The summed E-state index contributed by atoms with van der Waals surface area (Å²) in [5.74, 6) is -6.98. The van der Waals surface area contributed by atoms with E-state index in [0.717, 1.165) is 24.3 Å². The summed E-state index contributed by atoms with van der Waals surface area (Å²) in [6, 6.07) is 1.93. The van der Waals surface area contributed by atoms with Gasteiger partial charge in [0.15, 0.2) is 0 Å². The Morgan fingerprint density at radius 1 is 1.31 bits per heavy atom. The zero-order valence-electron chi connectivity index (χ0n) is 7.86. The number of benzene rings is 1. The quantitative estimate of drug-likeness (QED) is 0.868. The van der Waals surface area contributed by atoms with Gasteiger partial charge in [-0.05, 0) is 17.7 Å². The van der Waals surface area contributed by atoms with Gasteiger partial charge in [-0.1, -0.05) is 12.1 Å². The minimum Gasteiger partial charge on any atom is -0.477 e. The summed E-state index contributed by atoms with van der Waals surface area (Å²) in [6.07, 6.45) is 0. The number of carboxylic acids is 1. The molecule has 1 atom stereocenters. The van der Waals surface area contributed by atoms with Crippen molar-refractivity contribution in [3.8, 4) is 0 Å². The van der Waals surface area contributed by atoms with Crippen molar-refractivity contribution in [2.24, 2.45) is 5.73 Å². The number of carbonyl (C=O) groups is 1. The van der Waals surface area contributed by atoms with Crippen LogP contribution in [-0.2, 0) is 4.79 Å². The predicted octanol–water partition coefficient (Wildman–Crippen LogP) is 1.97. The first-order valence-corrected chi connectivity index (χ1v) is 3.98. The summed E-state index contributed by atoms with van der Waals surface area (Å²) in [6.45, 7) is 0. The maximum Gasteiger partial charge on any atom is 0.376 e. The summed E-state index contributed by atoms with van der Waals surface area (Å²) in [7, 11) is 0. The van der Waals surface area contributed by atoms with Gasteiger partial charge in [-0.2, -0.15) is 8.78 Å². The number of nitrogens with two attached hydrogens (primary N) is 1. The van der Waals surface area contributed by atoms with Crippen LogP contribution in [0, 0.1) is 5.82 Å². The Morgan fingerprint density at radius 2 is 1.75 bits per heavy atom. The third-order valence-corrected chi connectivity index (χ3v) is 1.90. The Labute approximate surface area is 95.5 Å². The summed E-state index contributed by atoms with van der Waals surface area (Å²) in [4.78, 5) is 10.2. The fraction of sp³-hybridized carbons (Fsp3) is 0.222. The Bertz CT molecular complexity index is 370. The molecule has 0 spiro atoms. The molecule has 0 radical (unpaired) electrons. The van der Waals surface area contributed by atoms with E-state index in [-0.39, 0.29) is 18.0 Å². The van der Waals surface area contributed by atoms with Crippen molar-refractivity contribution in [3.63, 3.8) is 0 Å². The third kappa shape index (κ3) is 2.86. The van der Waals surface area contributed by atoms with Crippen molar-refractivity contribution in [3.05, 3.63) is 35.6 Å². The molecular formula is C9H9ClF3NO2. The van der Waals surface area contributed by atoms with Crippen LogP contribution in [-0.4, -0.2) is 17.0 Å². The lowest BCUT2D eigenvalue weighted by atomic mass is 10.0. The van der Waals surface area contributed by atoms with Gasteiger partial charge in [0.25, 0.3) is 0 Å². The first-order chi connectivity index (χ1) is 6.85. The zero-order chi connectivity index (χ0) is 11.6. The Morgan fingerprint density at radius 3 is 2.12 bits per heavy atom. The van der Waals surface area contributed by atoms with Crippen molar-refractivity contribution in [1.82, 2.24) is 0 Å². The Kier molecular flexibility index (Phi) is 4.77. The van der Waals surface area contributed by atoms with Crippen LogP contribution in [0.4, 0.5) is 13.2 Å². The molecule has 0 unspecified atom stereocenters. The molecule has 1 aromatic carbocycles. The minimum atomic E-state index is -4.07. The molecule has 16 heavy (non-hydrogen) atoms. The second-order valence-electron chi connectivity index (χ2n) is 2.96. The van der Waals surface area contributed by atoms with E-state index in [2.05, 4.69) is 0 Å². The Balaban J connectivity index is 0.00000225. The summed E-state index contributed by atoms with van der Waals surface area (Å²) in [5.41, 5.74) is 4.94. The largest absolute Gasteiger partial charge is 0.477 e. The lowest BCUT2D eigenvalue weighted by Gasteiger charge is -2.19. The monoisotopic (exact) mass is 255 g/mol. The van der Waals surface area contributed by atoms with E-state index in [1.807, 2.05) is 0 Å². The number of halogens is 4. The van der Waals surface area contributed by atoms with Crippen molar-refractivity contribution in [2.75, 3.05) is 0 Å². The molecule has 0 aromatic heterocycles. The fourth-order valence-corrected chi connectivity index (χ4v) is 1.01. The zero-order valence-corrected chi connectivity index (χ0v) is 8.68. The normalized spacial score (nSPS) is 12.8. The van der Waals surface area contributed by atoms with Gasteiger partial charge in [-0.3, -0.25) is 0 Å². The molecule has 0 amide bonds. The van der Waals surface area contributed by atoms with Crippen LogP contribution in [0.1, 0.15) is 11.6 Å². The fourth-order valence-electron chi connectivity index (χ4n) is 1.01. The topological polar surface area (TPSA) is 63.3 Å². The lowest BCUT2D eigenvalue weighted by molar-refractivity contribution is -0.168. The minimum absolute atomic E-state index is 0. The van der Waals surface area contributed by atoms with Gasteiger partial charge in [0.05, 0.1) is 0 Å². The van der Waals surface area contributed by atoms with Crippen LogP contribution in [0.2, 0.25) is 0 Å². The molecule has 0 bridgehead atoms. The number of alkyl halides is 2. The molecule has 0 aliphatic carbocycles. The van der Waals surface area contributed by atoms with Crippen LogP contribution >= 0.6 is 12.4 Å². The van der Waals surface area contributed by atoms with Crippen LogP contribution in [0.25, 0.3) is 0 Å². The number of hydrogen-bond donors (Lipinski definition) is 2. The molecule has 1 rings (SSSR count). The maximum absolute atomic E-state index is 12.9. The molecule has 0 fully saturated rings. The van der Waals surface area contributed by atoms with E-state index >= 15 is 0 Å². The molecule has 0 aliphatic rings. The maximum atomic E-state index is 12.9. The molecule has 0 heterocycles. The predicted molar refractivity (Wildman–Crippen MR) is 53.2 cm³/mol. The number of rotatable bonds is 3. The van der Waals surface area contributed by atoms with E-state index in [0.29, 0.717) is 0 Å². The SMILES string of the molecule is Cl.N[C@@H](c1ccc(F)cc1)C(F)(F)C(=O)O. The van der Waals surface area contributed by atoms with Crippen LogP contribution < -0.4 is 5.73 Å². The van der Waals surface area contributed by atoms with Crippen molar-refractivity contribution < 1.29 is 23.1 Å². The highest BCUT2D eigenvalue weighted by atomic mass is 35.5. The highest BCUT2D eigenvalue weighted by Gasteiger charge is 2.46. The molecule has 90 valence electrons. The van der Waals surface area contributed by atoms with Gasteiger partial charge < -0.3 is 10.8 Å². The highest BCUT2D eigenvalue weighted by molar-refractivity contribution is 5.85. The standard InChI is InChI=1S/C9H8F3NO2.ClH/c10-6-3-1-5(2-4-6)7(13)9(11,12)8(14)15;/h1-4,7H,13H2,(H,14,15);1H/t7-;/m0./s1. The van der Waals surface area contributed by atoms with Crippen molar-refractivity contribution >= 4 is 18.4 Å². The van der Waals surface area contributed by atoms with E-state index in [4.69, 9.17) is 10.8 Å². The Hall–Kier alpha value is -1.27. The van der Waals surface area contributed by atoms with E-state index in [1.54, 1.807) is 0 Å². The van der Waals surface area contributed by atoms with Gasteiger partial charge in [0.1, 0.15) is 11.9 Å². The second-order valence-corrected chi connectivity index (χ2v) is 2.96. The van der Waals surface area contributed by atoms with Crippen molar-refractivity contribution in [1.29, 1.82) is 0 Å². The van der Waals surface area contributed by atoms with Crippen LogP contribution in [0.5, 0.6) is 0 Å². The number of hydrogen-bond acceptors (Lipinski definition) is 2. The number of carboxylic acid groups (broad SMARTS) is 1. The first kappa shape index (κ1) is 14.7. The molecule has 0 aliphatic heterocycles. The van der Waals surface area contributed by atoms with Gasteiger partial charge in [0, 0.05) is 0 Å². The smallest absolute Gasteiger partial charge is 0.376 e. The van der Waals surface area contributed by atoms with Crippen LogP contribution in [0.15, 0.2) is 24.3 Å². The van der Waals surface area contributed by atoms with Gasteiger partial charge in [0.2, 0.25) is 0 Å². The molecule has 1 aromatic rings. The van der Waals surface area contributed by atoms with Crippen LogP contribution in [0.3, 0.4) is 0 Å². The third-order valence-electron chi connectivity index (χ3n) is 1.90. The average Bonchev–Trinajstić information content (AvgIpc) is 2.17. The lowest BCUT2D eigenvalue weighted by Crippen LogP contribution is -2.40. The van der Waals surface area contributed by atoms with Gasteiger partial charge >= 0.3 is 11.9 Å². The molecule has 0 saturated carbocycles. The number of aliphatic carboxylic acids is 1. The molecule has 0 saturated heterocycles.